The number of hydrogen-bond donors (Lipinski definition) is 4. The van der Waals surface area contributed by atoms with Crippen LogP contribution in [0.1, 0.15) is 150 Å². The minimum absolute atomic E-state index is 0. The van der Waals surface area contributed by atoms with Crippen molar-refractivity contribution in [2.24, 2.45) is 40.9 Å². The van der Waals surface area contributed by atoms with Gasteiger partial charge in [0.1, 0.15) is 0 Å². The van der Waals surface area contributed by atoms with Gasteiger partial charge in [-0.05, 0) is 111 Å². The van der Waals surface area contributed by atoms with Gasteiger partial charge in [0.05, 0.1) is 71.1 Å². The highest BCUT2D eigenvalue weighted by Crippen LogP contribution is 2.36. The molecule has 2 saturated carbocycles. The van der Waals surface area contributed by atoms with E-state index in [1.165, 1.54) is 19.6 Å². The number of hydrogen-bond acceptors (Lipinski definition) is 16. The highest BCUT2D eigenvalue weighted by Gasteiger charge is 2.46. The normalized spacial score (nSPS) is 21.7. The lowest BCUT2D eigenvalue weighted by molar-refractivity contribution is -0.153. The summed E-state index contributed by atoms with van der Waals surface area (Å²) in [7, 11) is 0. The van der Waals surface area contributed by atoms with Gasteiger partial charge in [0.2, 0.25) is 70.9 Å². The Morgan fingerprint density at radius 1 is 0.478 bits per heavy atom. The molecular formula is C68H100N8O16. The number of aryl methyl sites for hydroxylation is 2. The van der Waals surface area contributed by atoms with Crippen LogP contribution in [-0.4, -0.2) is 183 Å². The molecule has 2 atom stereocenters. The molecular weight excluding hydrogens is 1180 g/mol. The Balaban J connectivity index is 0.000000327. The first kappa shape index (κ1) is 75.4. The van der Waals surface area contributed by atoms with Gasteiger partial charge >= 0.3 is 0 Å². The molecule has 24 heteroatoms. The Hall–Kier alpha value is -7.28. The summed E-state index contributed by atoms with van der Waals surface area (Å²) in [6, 6.07) is 14.6. The van der Waals surface area contributed by atoms with Crippen molar-refractivity contribution in [3.05, 3.63) is 59.7 Å². The monoisotopic (exact) mass is 1280 g/mol. The van der Waals surface area contributed by atoms with Gasteiger partial charge < -0.3 is 40.2 Å². The number of β-lactam (4-membered cyclic amide) rings is 2. The first-order chi connectivity index (χ1) is 43.2. The van der Waals surface area contributed by atoms with Crippen LogP contribution in [0.5, 0.6) is 0 Å². The van der Waals surface area contributed by atoms with Gasteiger partial charge in [-0.3, -0.25) is 77.1 Å². The highest BCUT2D eigenvalue weighted by molar-refractivity contribution is 6.06. The van der Waals surface area contributed by atoms with E-state index in [1.54, 1.807) is 24.3 Å². The van der Waals surface area contributed by atoms with Crippen molar-refractivity contribution in [1.29, 1.82) is 0 Å². The summed E-state index contributed by atoms with van der Waals surface area (Å²) in [5.74, 6) is -1.30. The first-order valence-corrected chi connectivity index (χ1v) is 32.2. The van der Waals surface area contributed by atoms with Crippen LogP contribution < -0.4 is 21.3 Å². The van der Waals surface area contributed by atoms with Crippen LogP contribution in [0, 0.1) is 40.9 Å². The van der Waals surface area contributed by atoms with Gasteiger partial charge in [-0.2, -0.15) is 0 Å². The number of benzene rings is 2. The van der Waals surface area contributed by atoms with Crippen LogP contribution >= 0.6 is 0 Å². The third-order valence-corrected chi connectivity index (χ3v) is 17.9. The van der Waals surface area contributed by atoms with E-state index in [-0.39, 0.29) is 167 Å². The molecule has 2 aromatic rings. The summed E-state index contributed by atoms with van der Waals surface area (Å²) in [5.41, 5.74) is 2.61. The number of nitrogens with zero attached hydrogens (tertiary/aromatic N) is 4. The third-order valence-electron chi connectivity index (χ3n) is 17.9. The summed E-state index contributed by atoms with van der Waals surface area (Å²) in [4.78, 5) is 151. The Morgan fingerprint density at radius 2 is 0.848 bits per heavy atom. The molecule has 4 aliphatic heterocycles. The molecule has 0 radical (unpaired) electrons. The molecule has 0 spiro atoms. The number of ether oxygens (including phenoxy) is 4. The second-order valence-corrected chi connectivity index (χ2v) is 25.1. The maximum atomic E-state index is 12.6. The fourth-order valence-corrected chi connectivity index (χ4v) is 11.8. The van der Waals surface area contributed by atoms with Crippen molar-refractivity contribution in [3.8, 4) is 0 Å². The Bertz CT molecular complexity index is 2680. The molecule has 4 saturated heterocycles. The van der Waals surface area contributed by atoms with Gasteiger partial charge in [-0.15, -0.1) is 0 Å². The lowest BCUT2D eigenvalue weighted by Crippen LogP contribution is -2.47. The molecule has 92 heavy (non-hydrogen) atoms. The van der Waals surface area contributed by atoms with E-state index in [1.807, 2.05) is 52.0 Å². The summed E-state index contributed by atoms with van der Waals surface area (Å²) in [6.07, 6.45) is 9.45. The van der Waals surface area contributed by atoms with Crippen molar-refractivity contribution in [3.63, 3.8) is 0 Å². The van der Waals surface area contributed by atoms with Crippen LogP contribution in [0.15, 0.2) is 48.5 Å². The van der Waals surface area contributed by atoms with E-state index in [4.69, 9.17) is 18.9 Å². The number of carbonyl (C=O) groups excluding carboxylic acids is 12. The lowest BCUT2D eigenvalue weighted by atomic mass is 9.81. The van der Waals surface area contributed by atoms with Crippen molar-refractivity contribution >= 4 is 82.3 Å². The number of likely N-dealkylation sites (tertiary alicyclic amines) is 4. The van der Waals surface area contributed by atoms with Crippen molar-refractivity contribution in [2.75, 3.05) is 103 Å². The van der Waals surface area contributed by atoms with Crippen molar-refractivity contribution in [2.45, 2.75) is 152 Å². The zero-order chi connectivity index (χ0) is 64.7. The summed E-state index contributed by atoms with van der Waals surface area (Å²) in [5, 5.41) is 11.5. The minimum atomic E-state index is -0.612. The molecule has 2 aliphatic carbocycles. The van der Waals surface area contributed by atoms with E-state index < -0.39 is 5.41 Å². The SMILES string of the molecule is C.C.CC1(C)CC(=O)N(CC2CCC(C(=O)NCCOCCOCCC(=O)Nc3ccc(CCC(=O)N4CCC4=O)cc3)CC2)C1=O.CC1C(=O)N(CC2CCC(C(=O)NCCOCCOCCC(=O)Nc3ccc(CCC(=O)N4CCC4=O)cc3)CC2)C(=O)C1C. The smallest absolute Gasteiger partial charge is 0.235 e. The quantitative estimate of drug-likeness (QED) is 0.0370. The zero-order valence-electron chi connectivity index (χ0n) is 52.8. The fourth-order valence-electron chi connectivity index (χ4n) is 11.8. The molecule has 0 aromatic heterocycles. The van der Waals surface area contributed by atoms with Gasteiger partial charge in [0.15, 0.2) is 0 Å². The largest absolute Gasteiger partial charge is 0.379 e. The van der Waals surface area contributed by atoms with Crippen molar-refractivity contribution < 1.29 is 76.5 Å². The number of anilines is 2. The first-order valence-electron chi connectivity index (χ1n) is 32.2. The molecule has 508 valence electrons. The summed E-state index contributed by atoms with van der Waals surface area (Å²) >= 11 is 0. The Morgan fingerprint density at radius 3 is 1.18 bits per heavy atom. The molecule has 24 nitrogen and oxygen atoms in total. The van der Waals surface area contributed by atoms with Gasteiger partial charge in [0, 0.05) is 106 Å². The van der Waals surface area contributed by atoms with Crippen LogP contribution in [0.2, 0.25) is 0 Å². The number of imide groups is 4. The summed E-state index contributed by atoms with van der Waals surface area (Å²) in [6.45, 7) is 12.6. The number of amides is 12. The molecule has 6 aliphatic rings. The molecule has 4 N–H and O–H groups in total. The fraction of sp³-hybridized carbons (Fsp3) is 0.647. The third kappa shape index (κ3) is 22.8. The number of carbonyl (C=O) groups is 12. The molecule has 2 aromatic carbocycles. The lowest BCUT2D eigenvalue weighted by Gasteiger charge is -2.30. The molecule has 6 fully saturated rings. The molecule has 12 amide bonds. The van der Waals surface area contributed by atoms with Gasteiger partial charge in [0.25, 0.3) is 0 Å². The molecule has 0 bridgehead atoms. The van der Waals surface area contributed by atoms with Crippen LogP contribution in [0.4, 0.5) is 11.4 Å². The van der Waals surface area contributed by atoms with Crippen LogP contribution in [-0.2, 0) is 89.3 Å². The van der Waals surface area contributed by atoms with Crippen LogP contribution in [0.3, 0.4) is 0 Å². The second-order valence-electron chi connectivity index (χ2n) is 25.1. The Labute approximate surface area is 542 Å². The standard InChI is InChI=1S/2C33H46N4O8.2CH4/c1-33(2)21-30(41)37(32(33)43)22-24-3-8-25(9-4-24)31(42)34-15-18-45-20-19-44-17-14-27(38)35-26-10-5-23(6-11-26)7-12-28(39)36-16-13-29(36)40;1-22-23(2)33(43)37(32(22)42)21-25-3-8-26(9-4-25)31(41)34-15-18-45-20-19-44-17-14-28(38)35-27-10-5-24(6-11-27)7-12-29(39)36-16-13-30(36)40;;/h5-6,10-11,24-25H,3-4,7-9,12-22H2,1-2H3,(H,34,42)(H,35,38);5-6,10-11,22-23,25-26H,3-4,7-9,12-21H2,1-2H3,(H,34,41)(H,35,38);2*1H4. The zero-order valence-corrected chi connectivity index (χ0v) is 52.8. The van der Waals surface area contributed by atoms with E-state index in [2.05, 4.69) is 21.3 Å². The summed E-state index contributed by atoms with van der Waals surface area (Å²) < 4.78 is 22.0. The van der Waals surface area contributed by atoms with Crippen molar-refractivity contribution in [1.82, 2.24) is 30.2 Å². The predicted octanol–water partition coefficient (Wildman–Crippen LogP) is 6.02. The topological polar surface area (TPSA) is 303 Å². The molecule has 8 rings (SSSR count). The Kier molecular flexibility index (Phi) is 30.7. The highest BCUT2D eigenvalue weighted by atomic mass is 16.5. The van der Waals surface area contributed by atoms with E-state index in [9.17, 15) is 57.5 Å². The predicted molar refractivity (Wildman–Crippen MR) is 343 cm³/mol. The maximum absolute atomic E-state index is 12.6. The van der Waals surface area contributed by atoms with Crippen LogP contribution in [0.25, 0.3) is 0 Å². The average Bonchev–Trinajstić information content (AvgIpc) is 1.66. The maximum Gasteiger partial charge on any atom is 0.235 e. The van der Waals surface area contributed by atoms with Gasteiger partial charge in [-0.1, -0.05) is 66.8 Å². The minimum Gasteiger partial charge on any atom is -0.379 e. The van der Waals surface area contributed by atoms with E-state index in [0.717, 1.165) is 62.5 Å². The second kappa shape index (κ2) is 37.4. The number of nitrogens with one attached hydrogen (secondary N) is 4. The van der Waals surface area contributed by atoms with Gasteiger partial charge in [-0.25, -0.2) is 0 Å². The van der Waals surface area contributed by atoms with E-state index >= 15 is 0 Å². The van der Waals surface area contributed by atoms with E-state index in [0.29, 0.717) is 116 Å². The molecule has 2 unspecified atom stereocenters. The molecule has 4 heterocycles. The average molecular weight is 1290 g/mol. The number of rotatable bonds is 32.